The third-order valence-corrected chi connectivity index (χ3v) is 7.61. The molecule has 0 aromatic carbocycles. The summed E-state index contributed by atoms with van der Waals surface area (Å²) in [6, 6.07) is 1.05. The highest BCUT2D eigenvalue weighted by Gasteiger charge is 2.49. The maximum Gasteiger partial charge on any atom is 0.309 e. The molecule has 154 valence electrons. The summed E-state index contributed by atoms with van der Waals surface area (Å²) in [6.07, 6.45) is 13.9. The van der Waals surface area contributed by atoms with Crippen LogP contribution in [0.3, 0.4) is 0 Å². The van der Waals surface area contributed by atoms with E-state index < -0.39 is 0 Å². The minimum Gasteiger partial charge on any atom is -0.462 e. The Balaban J connectivity index is 1.37. The smallest absolute Gasteiger partial charge is 0.309 e. The van der Waals surface area contributed by atoms with Gasteiger partial charge in [-0.3, -0.25) is 4.79 Å². The molecule has 4 unspecified atom stereocenters. The number of esters is 1. The second-order valence-corrected chi connectivity index (χ2v) is 9.23. The van der Waals surface area contributed by atoms with Crippen molar-refractivity contribution in [3.63, 3.8) is 0 Å². The van der Waals surface area contributed by atoms with Crippen molar-refractivity contribution in [2.45, 2.75) is 101 Å². The molecule has 1 heterocycles. The van der Waals surface area contributed by atoms with Gasteiger partial charge in [0.05, 0.1) is 25.2 Å². The van der Waals surface area contributed by atoms with Gasteiger partial charge in [0.2, 0.25) is 0 Å². The van der Waals surface area contributed by atoms with Crippen LogP contribution in [-0.2, 0) is 14.3 Å². The van der Waals surface area contributed by atoms with Gasteiger partial charge in [-0.1, -0.05) is 25.7 Å². The molecule has 4 fully saturated rings. The zero-order valence-electron chi connectivity index (χ0n) is 16.6. The fourth-order valence-electron chi connectivity index (χ4n) is 6.31. The van der Waals surface area contributed by atoms with Gasteiger partial charge in [-0.2, -0.15) is 0 Å². The number of piperidine rings is 1. The quantitative estimate of drug-likeness (QED) is 0.718. The van der Waals surface area contributed by atoms with Crippen LogP contribution in [0.1, 0.15) is 77.0 Å². The monoisotopic (exact) mass is 379 g/mol. The largest absolute Gasteiger partial charge is 0.462 e. The first-order valence-electron chi connectivity index (χ1n) is 11.4. The normalized spacial score (nSPS) is 42.0. The van der Waals surface area contributed by atoms with E-state index in [1.54, 1.807) is 0 Å². The van der Waals surface area contributed by atoms with Gasteiger partial charge in [0.25, 0.3) is 0 Å². The molecule has 2 N–H and O–H groups in total. The standard InChI is InChI=1S/C22H37NO4/c24-13-14-26-15-9-11-16(12-10-15)27-22(25)21-17-5-1-3-7-19(17)23-20-8-4-2-6-18(20)21/h15-21,23-24H,1-14H2. The Morgan fingerprint density at radius 1 is 0.815 bits per heavy atom. The van der Waals surface area contributed by atoms with Crippen LogP contribution >= 0.6 is 0 Å². The Bertz CT molecular complexity index is 469. The Kier molecular flexibility index (Phi) is 6.72. The number of nitrogens with one attached hydrogen (secondary N) is 1. The number of ether oxygens (including phenoxy) is 2. The predicted octanol–water partition coefficient (Wildman–Crippen LogP) is 3.19. The molecular formula is C22H37NO4. The fraction of sp³-hybridized carbons (Fsp3) is 0.955. The number of hydrogen-bond donors (Lipinski definition) is 2. The number of carbonyl (C=O) groups excluding carboxylic acids is 1. The second-order valence-electron chi connectivity index (χ2n) is 9.23. The van der Waals surface area contributed by atoms with Gasteiger partial charge < -0.3 is 19.9 Å². The number of fused-ring (bicyclic) bond motifs is 2. The lowest BCUT2D eigenvalue weighted by molar-refractivity contribution is -0.166. The van der Waals surface area contributed by atoms with E-state index in [0.717, 1.165) is 25.7 Å². The van der Waals surface area contributed by atoms with Crippen LogP contribution in [0.25, 0.3) is 0 Å². The molecule has 0 aromatic heterocycles. The summed E-state index contributed by atoms with van der Waals surface area (Å²) < 4.78 is 11.8. The number of rotatable bonds is 5. The van der Waals surface area contributed by atoms with E-state index in [-0.39, 0.29) is 30.7 Å². The van der Waals surface area contributed by atoms with E-state index >= 15 is 0 Å². The van der Waals surface area contributed by atoms with Crippen LogP contribution < -0.4 is 5.32 Å². The minimum absolute atomic E-state index is 0.0606. The van der Waals surface area contributed by atoms with Gasteiger partial charge >= 0.3 is 5.97 Å². The molecule has 3 saturated carbocycles. The van der Waals surface area contributed by atoms with E-state index in [4.69, 9.17) is 14.6 Å². The molecule has 0 bridgehead atoms. The highest BCUT2D eigenvalue weighted by Crippen LogP contribution is 2.45. The van der Waals surface area contributed by atoms with E-state index in [1.165, 1.54) is 51.4 Å². The lowest BCUT2D eigenvalue weighted by atomic mass is 9.62. The van der Waals surface area contributed by atoms with Crippen molar-refractivity contribution in [2.24, 2.45) is 17.8 Å². The number of hydrogen-bond acceptors (Lipinski definition) is 5. The summed E-state index contributed by atoms with van der Waals surface area (Å²) in [7, 11) is 0. The Morgan fingerprint density at radius 3 is 1.96 bits per heavy atom. The molecule has 1 saturated heterocycles. The van der Waals surface area contributed by atoms with Crippen LogP contribution in [0.5, 0.6) is 0 Å². The molecule has 5 heteroatoms. The van der Waals surface area contributed by atoms with Crippen LogP contribution in [0.2, 0.25) is 0 Å². The Hall–Kier alpha value is -0.650. The first kappa shape index (κ1) is 19.7. The fourth-order valence-corrected chi connectivity index (χ4v) is 6.31. The van der Waals surface area contributed by atoms with E-state index in [1.807, 2.05) is 0 Å². The highest BCUT2D eigenvalue weighted by atomic mass is 16.5. The van der Waals surface area contributed by atoms with Gasteiger partial charge in [-0.15, -0.1) is 0 Å². The van der Waals surface area contributed by atoms with E-state index in [0.29, 0.717) is 30.5 Å². The molecule has 4 aliphatic rings. The third-order valence-electron chi connectivity index (χ3n) is 7.61. The molecule has 27 heavy (non-hydrogen) atoms. The van der Waals surface area contributed by atoms with Crippen molar-refractivity contribution in [3.05, 3.63) is 0 Å². The molecule has 0 spiro atoms. The summed E-state index contributed by atoms with van der Waals surface area (Å²) in [4.78, 5) is 13.3. The van der Waals surface area contributed by atoms with Crippen molar-refractivity contribution in [3.8, 4) is 0 Å². The van der Waals surface area contributed by atoms with Gasteiger partial charge in [0.15, 0.2) is 0 Å². The lowest BCUT2D eigenvalue weighted by Gasteiger charge is -2.51. The van der Waals surface area contributed by atoms with Crippen molar-refractivity contribution in [2.75, 3.05) is 13.2 Å². The second kappa shape index (κ2) is 9.23. The molecule has 0 radical (unpaired) electrons. The van der Waals surface area contributed by atoms with E-state index in [2.05, 4.69) is 5.32 Å². The molecule has 3 aliphatic carbocycles. The minimum atomic E-state index is 0.0606. The highest BCUT2D eigenvalue weighted by molar-refractivity contribution is 5.74. The molecule has 0 aromatic rings. The lowest BCUT2D eigenvalue weighted by Crippen LogP contribution is -2.60. The van der Waals surface area contributed by atoms with Crippen LogP contribution in [0.15, 0.2) is 0 Å². The predicted molar refractivity (Wildman–Crippen MR) is 103 cm³/mol. The molecule has 1 aliphatic heterocycles. The van der Waals surface area contributed by atoms with Crippen molar-refractivity contribution in [1.82, 2.24) is 5.32 Å². The first-order valence-corrected chi connectivity index (χ1v) is 11.4. The van der Waals surface area contributed by atoms with E-state index in [9.17, 15) is 4.79 Å². The first-order chi connectivity index (χ1) is 13.3. The van der Waals surface area contributed by atoms with Gasteiger partial charge in [-0.25, -0.2) is 0 Å². The topological polar surface area (TPSA) is 67.8 Å². The number of carbonyl (C=O) groups is 1. The summed E-state index contributed by atoms with van der Waals surface area (Å²) in [5.41, 5.74) is 0. The van der Waals surface area contributed by atoms with Crippen LogP contribution in [-0.4, -0.2) is 48.6 Å². The maximum absolute atomic E-state index is 13.3. The zero-order valence-corrected chi connectivity index (χ0v) is 16.6. The SMILES string of the molecule is O=C(OC1CCC(OCCO)CC1)C1C2CCCCC2NC2CCCCC21. The summed E-state index contributed by atoms with van der Waals surface area (Å²) >= 11 is 0. The molecule has 4 atom stereocenters. The Morgan fingerprint density at radius 2 is 1.37 bits per heavy atom. The molecule has 4 rings (SSSR count). The van der Waals surface area contributed by atoms with Crippen LogP contribution in [0.4, 0.5) is 0 Å². The van der Waals surface area contributed by atoms with Crippen molar-refractivity contribution in [1.29, 1.82) is 0 Å². The summed E-state index contributed by atoms with van der Waals surface area (Å²) in [5.74, 6) is 1.18. The molecule has 5 nitrogen and oxygen atoms in total. The summed E-state index contributed by atoms with van der Waals surface area (Å²) in [5, 5.41) is 12.8. The average Bonchev–Trinajstić information content (AvgIpc) is 2.71. The molecule has 0 amide bonds. The van der Waals surface area contributed by atoms with Gasteiger partial charge in [0.1, 0.15) is 6.10 Å². The Labute approximate surface area is 163 Å². The molecular weight excluding hydrogens is 342 g/mol. The van der Waals surface area contributed by atoms with Crippen molar-refractivity contribution >= 4 is 5.97 Å². The van der Waals surface area contributed by atoms with Crippen molar-refractivity contribution < 1.29 is 19.4 Å². The van der Waals surface area contributed by atoms with Crippen LogP contribution in [0, 0.1) is 17.8 Å². The van der Waals surface area contributed by atoms with Gasteiger partial charge in [-0.05, 0) is 63.2 Å². The average molecular weight is 380 g/mol. The van der Waals surface area contributed by atoms with Gasteiger partial charge in [0, 0.05) is 12.1 Å². The zero-order chi connectivity index (χ0) is 18.6. The number of aliphatic hydroxyl groups is 1. The third kappa shape index (κ3) is 4.51. The maximum atomic E-state index is 13.3. The summed E-state index contributed by atoms with van der Waals surface area (Å²) in [6.45, 7) is 0.492. The number of aliphatic hydroxyl groups excluding tert-OH is 1.